The Morgan fingerprint density at radius 1 is 1.14 bits per heavy atom. The molecule has 4 rings (SSSR count). The van der Waals surface area contributed by atoms with E-state index in [1.54, 1.807) is 29.2 Å². The van der Waals surface area contributed by atoms with Crippen molar-refractivity contribution in [2.45, 2.75) is 19.8 Å². The molecule has 2 aromatic carbocycles. The minimum Gasteiger partial charge on any atom is -0.493 e. The molecule has 0 saturated carbocycles. The third kappa shape index (κ3) is 3.87. The molecule has 1 aliphatic rings. The first-order valence-electron chi connectivity index (χ1n) is 9.69. The second-order valence-electron chi connectivity index (χ2n) is 6.76. The van der Waals surface area contributed by atoms with E-state index in [2.05, 4.69) is 5.32 Å². The number of fused-ring (bicyclic) bond motifs is 1. The molecular formula is C23H22N2O4. The number of carbonyl (C=O) groups is 2. The van der Waals surface area contributed by atoms with Gasteiger partial charge in [0.05, 0.1) is 18.4 Å². The molecule has 148 valence electrons. The lowest BCUT2D eigenvalue weighted by molar-refractivity contribution is 0.0957. The van der Waals surface area contributed by atoms with Crippen LogP contribution in [-0.2, 0) is 6.42 Å². The summed E-state index contributed by atoms with van der Waals surface area (Å²) in [5.74, 6) is 0.496. The number of aryl methyl sites for hydroxylation is 1. The molecule has 1 N–H and O–H groups in total. The third-order valence-electron chi connectivity index (χ3n) is 4.86. The van der Waals surface area contributed by atoms with Crippen LogP contribution in [0.1, 0.15) is 39.8 Å². The number of hydrogen-bond donors (Lipinski definition) is 1. The number of anilines is 2. The van der Waals surface area contributed by atoms with E-state index in [0.717, 1.165) is 24.1 Å². The molecular weight excluding hydrogens is 368 g/mol. The minimum absolute atomic E-state index is 0.154. The van der Waals surface area contributed by atoms with Crippen molar-refractivity contribution in [2.24, 2.45) is 0 Å². The Morgan fingerprint density at radius 3 is 2.79 bits per heavy atom. The van der Waals surface area contributed by atoms with Gasteiger partial charge in [0.25, 0.3) is 11.8 Å². The average molecular weight is 390 g/mol. The van der Waals surface area contributed by atoms with Crippen LogP contribution >= 0.6 is 0 Å². The third-order valence-corrected chi connectivity index (χ3v) is 4.86. The number of ether oxygens (including phenoxy) is 1. The normalized spacial score (nSPS) is 12.9. The zero-order valence-corrected chi connectivity index (χ0v) is 16.2. The van der Waals surface area contributed by atoms with E-state index >= 15 is 0 Å². The summed E-state index contributed by atoms with van der Waals surface area (Å²) in [7, 11) is 0. The Balaban J connectivity index is 1.56. The highest BCUT2D eigenvalue weighted by Crippen LogP contribution is 2.31. The quantitative estimate of drug-likeness (QED) is 0.695. The lowest BCUT2D eigenvalue weighted by Gasteiger charge is -2.29. The van der Waals surface area contributed by atoms with E-state index < -0.39 is 0 Å². The number of nitrogens with zero attached hydrogens (tertiary/aromatic N) is 1. The minimum atomic E-state index is -0.228. The Kier molecular flexibility index (Phi) is 5.33. The van der Waals surface area contributed by atoms with Gasteiger partial charge in [0, 0.05) is 17.9 Å². The molecule has 3 aromatic rings. The van der Waals surface area contributed by atoms with Gasteiger partial charge in [-0.05, 0) is 67.8 Å². The first kappa shape index (κ1) is 18.8. The molecule has 0 unspecified atom stereocenters. The number of carbonyl (C=O) groups excluding carboxylic acids is 2. The molecule has 0 aliphatic carbocycles. The van der Waals surface area contributed by atoms with E-state index in [9.17, 15) is 9.59 Å². The van der Waals surface area contributed by atoms with Crippen molar-refractivity contribution in [1.82, 2.24) is 0 Å². The average Bonchev–Trinajstić information content (AvgIpc) is 3.28. The van der Waals surface area contributed by atoms with Crippen LogP contribution in [0.15, 0.2) is 65.3 Å². The molecule has 2 heterocycles. The highest BCUT2D eigenvalue weighted by molar-refractivity contribution is 6.07. The fourth-order valence-electron chi connectivity index (χ4n) is 3.55. The SMILES string of the molecule is CCOc1ccccc1C(=O)Nc1ccc2c(c1)CCCN2C(=O)c1ccco1. The van der Waals surface area contributed by atoms with E-state index in [4.69, 9.17) is 9.15 Å². The van der Waals surface area contributed by atoms with Crippen molar-refractivity contribution in [1.29, 1.82) is 0 Å². The second-order valence-corrected chi connectivity index (χ2v) is 6.76. The predicted molar refractivity (Wildman–Crippen MR) is 111 cm³/mol. The maximum absolute atomic E-state index is 12.7. The molecule has 1 aliphatic heterocycles. The van der Waals surface area contributed by atoms with Crippen LogP contribution in [-0.4, -0.2) is 25.0 Å². The fourth-order valence-corrected chi connectivity index (χ4v) is 3.55. The van der Waals surface area contributed by atoms with Gasteiger partial charge >= 0.3 is 0 Å². The molecule has 0 fully saturated rings. The predicted octanol–water partition coefficient (Wildman–Crippen LogP) is 4.52. The molecule has 0 radical (unpaired) electrons. The van der Waals surface area contributed by atoms with Gasteiger partial charge in [0.2, 0.25) is 0 Å². The Bertz CT molecular complexity index is 1030. The number of furan rings is 1. The van der Waals surface area contributed by atoms with Crippen LogP contribution in [0.2, 0.25) is 0 Å². The molecule has 0 saturated heterocycles. The summed E-state index contributed by atoms with van der Waals surface area (Å²) >= 11 is 0. The number of benzene rings is 2. The van der Waals surface area contributed by atoms with Crippen LogP contribution in [0, 0.1) is 0 Å². The number of nitrogens with one attached hydrogen (secondary N) is 1. The van der Waals surface area contributed by atoms with Gasteiger partial charge in [-0.15, -0.1) is 0 Å². The topological polar surface area (TPSA) is 71.8 Å². The van der Waals surface area contributed by atoms with Crippen molar-refractivity contribution in [3.8, 4) is 5.75 Å². The van der Waals surface area contributed by atoms with E-state index in [0.29, 0.717) is 35.9 Å². The van der Waals surface area contributed by atoms with Gasteiger partial charge in [0.1, 0.15) is 5.75 Å². The smallest absolute Gasteiger partial charge is 0.293 e. The van der Waals surface area contributed by atoms with Gasteiger partial charge < -0.3 is 19.4 Å². The van der Waals surface area contributed by atoms with Crippen molar-refractivity contribution in [3.63, 3.8) is 0 Å². The number of para-hydroxylation sites is 1. The second kappa shape index (κ2) is 8.22. The zero-order valence-electron chi connectivity index (χ0n) is 16.2. The Hall–Kier alpha value is -3.54. The molecule has 2 amide bonds. The summed E-state index contributed by atoms with van der Waals surface area (Å²) in [6, 6.07) is 16.2. The van der Waals surface area contributed by atoms with Crippen LogP contribution < -0.4 is 15.0 Å². The molecule has 0 bridgehead atoms. The number of amides is 2. The summed E-state index contributed by atoms with van der Waals surface area (Å²) in [6.07, 6.45) is 3.19. The highest BCUT2D eigenvalue weighted by Gasteiger charge is 2.25. The molecule has 6 heteroatoms. The van der Waals surface area contributed by atoms with Crippen molar-refractivity contribution in [2.75, 3.05) is 23.4 Å². The molecule has 6 nitrogen and oxygen atoms in total. The lowest BCUT2D eigenvalue weighted by Crippen LogP contribution is -2.35. The van der Waals surface area contributed by atoms with Crippen molar-refractivity contribution >= 4 is 23.2 Å². The summed E-state index contributed by atoms with van der Waals surface area (Å²) in [5.41, 5.74) is 3.05. The summed E-state index contributed by atoms with van der Waals surface area (Å²) in [5, 5.41) is 2.94. The lowest BCUT2D eigenvalue weighted by atomic mass is 10.0. The molecule has 29 heavy (non-hydrogen) atoms. The zero-order chi connectivity index (χ0) is 20.2. The standard InChI is InChI=1S/C23H22N2O4/c1-2-28-20-9-4-3-8-18(20)22(26)24-17-11-12-19-16(15-17)7-5-13-25(19)23(27)21-10-6-14-29-21/h3-4,6,8-12,14-15H,2,5,7,13H2,1H3,(H,24,26). The molecule has 0 atom stereocenters. The van der Waals surface area contributed by atoms with Crippen LogP contribution in [0.3, 0.4) is 0 Å². The van der Waals surface area contributed by atoms with Gasteiger partial charge in [-0.1, -0.05) is 12.1 Å². The highest BCUT2D eigenvalue weighted by atomic mass is 16.5. The summed E-state index contributed by atoms with van der Waals surface area (Å²) in [4.78, 5) is 27.2. The first-order chi connectivity index (χ1) is 14.2. The number of rotatable bonds is 5. The summed E-state index contributed by atoms with van der Waals surface area (Å²) < 4.78 is 10.8. The Labute approximate surface area is 169 Å². The fraction of sp³-hybridized carbons (Fsp3) is 0.217. The van der Waals surface area contributed by atoms with Crippen LogP contribution in [0.25, 0.3) is 0 Å². The van der Waals surface area contributed by atoms with Crippen LogP contribution in [0.4, 0.5) is 11.4 Å². The molecule has 0 spiro atoms. The Morgan fingerprint density at radius 2 is 2.00 bits per heavy atom. The van der Waals surface area contributed by atoms with E-state index in [-0.39, 0.29) is 11.8 Å². The van der Waals surface area contributed by atoms with Gasteiger partial charge in [-0.25, -0.2) is 0 Å². The number of hydrogen-bond acceptors (Lipinski definition) is 4. The van der Waals surface area contributed by atoms with Gasteiger partial charge in [-0.2, -0.15) is 0 Å². The monoisotopic (exact) mass is 390 g/mol. The van der Waals surface area contributed by atoms with Gasteiger partial charge in [0.15, 0.2) is 5.76 Å². The first-order valence-corrected chi connectivity index (χ1v) is 9.69. The van der Waals surface area contributed by atoms with Gasteiger partial charge in [-0.3, -0.25) is 9.59 Å². The maximum atomic E-state index is 12.7. The largest absolute Gasteiger partial charge is 0.493 e. The van der Waals surface area contributed by atoms with Crippen LogP contribution in [0.5, 0.6) is 5.75 Å². The summed E-state index contributed by atoms with van der Waals surface area (Å²) in [6.45, 7) is 3.01. The van der Waals surface area contributed by atoms with E-state index in [1.165, 1.54) is 6.26 Å². The van der Waals surface area contributed by atoms with Crippen molar-refractivity contribution < 1.29 is 18.7 Å². The maximum Gasteiger partial charge on any atom is 0.293 e. The van der Waals surface area contributed by atoms with E-state index in [1.807, 2.05) is 37.3 Å². The van der Waals surface area contributed by atoms with Crippen molar-refractivity contribution in [3.05, 3.63) is 77.7 Å². The molecule has 1 aromatic heterocycles.